The fourth-order valence-corrected chi connectivity index (χ4v) is 2.78. The summed E-state index contributed by atoms with van der Waals surface area (Å²) >= 11 is 0. The van der Waals surface area contributed by atoms with Crippen molar-refractivity contribution in [1.82, 2.24) is 20.6 Å². The maximum absolute atomic E-state index is 12.8. The summed E-state index contributed by atoms with van der Waals surface area (Å²) in [7, 11) is 0. The van der Waals surface area contributed by atoms with E-state index < -0.39 is 5.60 Å². The maximum atomic E-state index is 12.8. The fourth-order valence-electron chi connectivity index (χ4n) is 2.78. The molecule has 0 aliphatic heterocycles. The summed E-state index contributed by atoms with van der Waals surface area (Å²) in [5.74, 6) is -0.105. The maximum Gasteiger partial charge on any atom is 0.310 e. The molecule has 0 saturated carbocycles. The van der Waals surface area contributed by atoms with E-state index in [0.29, 0.717) is 12.2 Å². The third-order valence-corrected chi connectivity index (χ3v) is 3.79. The van der Waals surface area contributed by atoms with E-state index in [4.69, 9.17) is 4.74 Å². The van der Waals surface area contributed by atoms with Crippen LogP contribution in [0.4, 0.5) is 0 Å². The van der Waals surface area contributed by atoms with E-state index in [0.717, 1.165) is 18.4 Å². The first-order valence-electron chi connectivity index (χ1n) is 8.41. The van der Waals surface area contributed by atoms with Crippen LogP contribution in [0.15, 0.2) is 30.3 Å². The van der Waals surface area contributed by atoms with Gasteiger partial charge in [0.25, 0.3) is 0 Å². The van der Waals surface area contributed by atoms with Crippen LogP contribution in [-0.2, 0) is 16.0 Å². The zero-order valence-corrected chi connectivity index (χ0v) is 14.8. The Morgan fingerprint density at radius 3 is 2.50 bits per heavy atom. The van der Waals surface area contributed by atoms with Gasteiger partial charge >= 0.3 is 5.97 Å². The Balaban J connectivity index is 2.29. The Hall–Kier alpha value is -2.24. The number of nitrogens with zero attached hydrogens (tertiary/aromatic N) is 3. The molecule has 0 saturated heterocycles. The molecule has 0 spiro atoms. The SMILES string of the molecule is CCC[C@H](C(=O)OC(C)(C)C)[C@H](Cc1ccccc1)c1nn[nH]n1. The molecule has 0 fully saturated rings. The highest BCUT2D eigenvalue weighted by atomic mass is 16.6. The molecule has 1 N–H and O–H groups in total. The number of ether oxygens (including phenoxy) is 1. The lowest BCUT2D eigenvalue weighted by molar-refractivity contribution is -0.161. The fraction of sp³-hybridized carbons (Fsp3) is 0.556. The number of carbonyl (C=O) groups excluding carboxylic acids is 1. The monoisotopic (exact) mass is 330 g/mol. The predicted molar refractivity (Wildman–Crippen MR) is 91.3 cm³/mol. The normalized spacial score (nSPS) is 14.2. The molecule has 0 aliphatic carbocycles. The molecule has 1 aromatic carbocycles. The molecule has 24 heavy (non-hydrogen) atoms. The van der Waals surface area contributed by atoms with E-state index in [-0.39, 0.29) is 17.8 Å². The largest absolute Gasteiger partial charge is 0.460 e. The molecule has 1 aromatic heterocycles. The van der Waals surface area contributed by atoms with Crippen LogP contribution in [0.1, 0.15) is 57.8 Å². The zero-order valence-electron chi connectivity index (χ0n) is 14.8. The quantitative estimate of drug-likeness (QED) is 0.788. The van der Waals surface area contributed by atoms with E-state index in [1.54, 1.807) is 0 Å². The van der Waals surface area contributed by atoms with Crippen molar-refractivity contribution >= 4 is 5.97 Å². The number of rotatable bonds is 7. The number of H-pyrrole nitrogens is 1. The minimum absolute atomic E-state index is 0.166. The van der Waals surface area contributed by atoms with E-state index in [1.165, 1.54) is 0 Å². The second-order valence-electron chi connectivity index (χ2n) is 6.99. The number of carbonyl (C=O) groups is 1. The van der Waals surface area contributed by atoms with Crippen molar-refractivity contribution < 1.29 is 9.53 Å². The van der Waals surface area contributed by atoms with E-state index in [2.05, 4.69) is 27.5 Å². The molecule has 0 aliphatic rings. The number of hydrogen-bond donors (Lipinski definition) is 1. The highest BCUT2D eigenvalue weighted by molar-refractivity contribution is 5.74. The predicted octanol–water partition coefficient (Wildman–Crippen LogP) is 3.28. The van der Waals surface area contributed by atoms with Crippen LogP contribution in [0.3, 0.4) is 0 Å². The summed E-state index contributed by atoms with van der Waals surface area (Å²) in [6, 6.07) is 10.1. The van der Waals surface area contributed by atoms with Gasteiger partial charge in [0.2, 0.25) is 0 Å². The number of aromatic nitrogens is 4. The van der Waals surface area contributed by atoms with Gasteiger partial charge in [-0.2, -0.15) is 5.21 Å². The Kier molecular flexibility index (Phi) is 6.06. The summed E-state index contributed by atoms with van der Waals surface area (Å²) in [5.41, 5.74) is 0.620. The summed E-state index contributed by atoms with van der Waals surface area (Å²) in [6.45, 7) is 7.71. The Morgan fingerprint density at radius 2 is 1.96 bits per heavy atom. The standard InChI is InChI=1S/C18H26N4O2/c1-5-9-14(17(23)24-18(2,3)4)15(16-19-21-22-20-16)12-13-10-7-6-8-11-13/h6-8,10-11,14-15H,5,9,12H2,1-4H3,(H,19,20,21,22)/t14-,15-/m0/s1. The first kappa shape index (κ1) is 18.1. The third kappa shape index (κ3) is 5.15. The van der Waals surface area contributed by atoms with Crippen LogP contribution in [-0.4, -0.2) is 32.2 Å². The smallest absolute Gasteiger partial charge is 0.310 e. The van der Waals surface area contributed by atoms with Crippen LogP contribution in [0.2, 0.25) is 0 Å². The van der Waals surface area contributed by atoms with Crippen molar-refractivity contribution in [3.05, 3.63) is 41.7 Å². The Bertz CT molecular complexity index is 620. The van der Waals surface area contributed by atoms with Gasteiger partial charge in [-0.05, 0) is 39.2 Å². The number of hydrogen-bond acceptors (Lipinski definition) is 5. The Labute approximate surface area is 143 Å². The number of nitrogens with one attached hydrogen (secondary N) is 1. The first-order valence-corrected chi connectivity index (χ1v) is 8.41. The van der Waals surface area contributed by atoms with Gasteiger partial charge in [0, 0.05) is 5.92 Å². The van der Waals surface area contributed by atoms with Gasteiger partial charge < -0.3 is 4.74 Å². The van der Waals surface area contributed by atoms with E-state index >= 15 is 0 Å². The molecule has 2 rings (SSSR count). The van der Waals surface area contributed by atoms with Gasteiger partial charge in [-0.25, -0.2) is 0 Å². The molecule has 0 radical (unpaired) electrons. The van der Waals surface area contributed by atoms with Crippen LogP contribution in [0.5, 0.6) is 0 Å². The Morgan fingerprint density at radius 1 is 1.25 bits per heavy atom. The molecule has 2 atom stereocenters. The van der Waals surface area contributed by atoms with Gasteiger partial charge in [-0.1, -0.05) is 48.9 Å². The molecule has 1 heterocycles. The molecule has 2 aromatic rings. The highest BCUT2D eigenvalue weighted by Crippen LogP contribution is 2.31. The average molecular weight is 330 g/mol. The van der Waals surface area contributed by atoms with Crippen molar-refractivity contribution in [2.45, 2.75) is 58.5 Å². The molecular formula is C18H26N4O2. The van der Waals surface area contributed by atoms with Crippen LogP contribution >= 0.6 is 0 Å². The first-order chi connectivity index (χ1) is 11.4. The molecule has 6 heteroatoms. The average Bonchev–Trinajstić information content (AvgIpc) is 3.04. The number of aromatic amines is 1. The van der Waals surface area contributed by atoms with Crippen LogP contribution < -0.4 is 0 Å². The number of benzene rings is 1. The molecule has 0 unspecified atom stereocenters. The molecular weight excluding hydrogens is 304 g/mol. The van der Waals surface area contributed by atoms with Crippen molar-refractivity contribution in [2.75, 3.05) is 0 Å². The van der Waals surface area contributed by atoms with Gasteiger partial charge in [0.05, 0.1) is 5.92 Å². The molecule has 0 amide bonds. The van der Waals surface area contributed by atoms with Crippen LogP contribution in [0, 0.1) is 5.92 Å². The summed E-state index contributed by atoms with van der Waals surface area (Å²) in [4.78, 5) is 12.8. The van der Waals surface area contributed by atoms with E-state index in [1.807, 2.05) is 51.1 Å². The lowest BCUT2D eigenvalue weighted by Gasteiger charge is -2.27. The summed E-state index contributed by atoms with van der Waals surface area (Å²) in [6.07, 6.45) is 2.28. The van der Waals surface area contributed by atoms with Gasteiger partial charge in [0.1, 0.15) is 5.60 Å². The second-order valence-corrected chi connectivity index (χ2v) is 6.99. The minimum Gasteiger partial charge on any atom is -0.460 e. The lowest BCUT2D eigenvalue weighted by atomic mass is 9.83. The molecule has 130 valence electrons. The minimum atomic E-state index is -0.516. The summed E-state index contributed by atoms with van der Waals surface area (Å²) < 4.78 is 5.64. The van der Waals surface area contributed by atoms with Gasteiger partial charge in [-0.3, -0.25) is 4.79 Å². The summed E-state index contributed by atoms with van der Waals surface area (Å²) in [5, 5.41) is 14.4. The van der Waals surface area contributed by atoms with Gasteiger partial charge in [-0.15, -0.1) is 10.2 Å². The number of tetrazole rings is 1. The van der Waals surface area contributed by atoms with Gasteiger partial charge in [0.15, 0.2) is 5.82 Å². The van der Waals surface area contributed by atoms with Crippen molar-refractivity contribution in [3.63, 3.8) is 0 Å². The second kappa shape index (κ2) is 8.04. The lowest BCUT2D eigenvalue weighted by Crippen LogP contribution is -2.33. The van der Waals surface area contributed by atoms with Crippen molar-refractivity contribution in [3.8, 4) is 0 Å². The topological polar surface area (TPSA) is 80.8 Å². The highest BCUT2D eigenvalue weighted by Gasteiger charge is 2.35. The zero-order chi connectivity index (χ0) is 17.6. The molecule has 0 bridgehead atoms. The number of esters is 1. The van der Waals surface area contributed by atoms with Crippen molar-refractivity contribution in [2.24, 2.45) is 5.92 Å². The molecule has 6 nitrogen and oxygen atoms in total. The third-order valence-electron chi connectivity index (χ3n) is 3.79. The van der Waals surface area contributed by atoms with Crippen molar-refractivity contribution in [1.29, 1.82) is 0 Å². The van der Waals surface area contributed by atoms with E-state index in [9.17, 15) is 4.79 Å². The van der Waals surface area contributed by atoms with Crippen LogP contribution in [0.25, 0.3) is 0 Å².